The van der Waals surface area contributed by atoms with Gasteiger partial charge in [0, 0.05) is 18.3 Å². The topological polar surface area (TPSA) is 48.1 Å². The van der Waals surface area contributed by atoms with Crippen LogP contribution in [0.5, 0.6) is 11.6 Å². The molecule has 18 heavy (non-hydrogen) atoms. The van der Waals surface area contributed by atoms with Crippen molar-refractivity contribution in [3.8, 4) is 11.6 Å². The van der Waals surface area contributed by atoms with Crippen LogP contribution in [0, 0.1) is 18.6 Å². The predicted molar refractivity (Wildman–Crippen MR) is 63.3 cm³/mol. The minimum Gasteiger partial charge on any atom is -0.436 e. The Bertz CT molecular complexity index is 573. The maximum absolute atomic E-state index is 13.4. The third kappa shape index (κ3) is 2.62. The molecule has 0 radical (unpaired) electrons. The molecule has 0 saturated carbocycles. The van der Waals surface area contributed by atoms with Gasteiger partial charge in [-0.25, -0.2) is 9.37 Å². The molecule has 0 bridgehead atoms. The molecule has 3 nitrogen and oxygen atoms in total. The van der Waals surface area contributed by atoms with Crippen LogP contribution in [0.3, 0.4) is 0 Å². The van der Waals surface area contributed by atoms with E-state index < -0.39 is 11.6 Å². The van der Waals surface area contributed by atoms with E-state index in [9.17, 15) is 8.78 Å². The molecule has 1 heterocycles. The Morgan fingerprint density at radius 3 is 2.78 bits per heavy atom. The van der Waals surface area contributed by atoms with Crippen molar-refractivity contribution in [1.82, 2.24) is 4.98 Å². The van der Waals surface area contributed by atoms with E-state index in [0.29, 0.717) is 12.2 Å². The van der Waals surface area contributed by atoms with Gasteiger partial charge in [-0.05, 0) is 30.7 Å². The number of ether oxygens (including phenoxy) is 1. The van der Waals surface area contributed by atoms with Crippen molar-refractivity contribution in [2.45, 2.75) is 13.5 Å². The van der Waals surface area contributed by atoms with E-state index in [0.717, 1.165) is 11.6 Å². The molecule has 0 spiro atoms. The molecule has 0 aliphatic carbocycles. The number of aromatic nitrogens is 1. The highest BCUT2D eigenvalue weighted by molar-refractivity contribution is 5.32. The Hall–Kier alpha value is -2.01. The second-order valence-electron chi connectivity index (χ2n) is 3.81. The first kappa shape index (κ1) is 12.4. The summed E-state index contributed by atoms with van der Waals surface area (Å²) in [6.45, 7) is 2.10. The van der Waals surface area contributed by atoms with E-state index in [1.54, 1.807) is 19.1 Å². The zero-order valence-corrected chi connectivity index (χ0v) is 9.78. The summed E-state index contributed by atoms with van der Waals surface area (Å²) in [5.41, 5.74) is 7.03. The van der Waals surface area contributed by atoms with Crippen molar-refractivity contribution >= 4 is 0 Å². The lowest BCUT2D eigenvalue weighted by Crippen LogP contribution is -2.00. The number of rotatable bonds is 3. The third-order valence-electron chi connectivity index (χ3n) is 2.36. The number of hydrogen-bond acceptors (Lipinski definition) is 3. The molecule has 0 atom stereocenters. The lowest BCUT2D eigenvalue weighted by molar-refractivity contribution is 0.404. The Balaban J connectivity index is 2.34. The number of nitrogens with two attached hydrogens (primary N) is 1. The standard InChI is InChI=1S/C13H12F2N2O/c1-8-5-9(7-16)6-12(17-8)18-11-4-2-3-10(14)13(11)15/h2-6H,7,16H2,1H3. The molecular formula is C13H12F2N2O. The van der Waals surface area contributed by atoms with Gasteiger partial charge in [-0.3, -0.25) is 0 Å². The molecule has 2 aromatic rings. The monoisotopic (exact) mass is 250 g/mol. The van der Waals surface area contributed by atoms with Gasteiger partial charge < -0.3 is 10.5 Å². The fraction of sp³-hybridized carbons (Fsp3) is 0.154. The molecule has 0 aliphatic heterocycles. The maximum Gasteiger partial charge on any atom is 0.219 e. The predicted octanol–water partition coefficient (Wildman–Crippen LogP) is 2.92. The molecule has 0 amide bonds. The zero-order valence-electron chi connectivity index (χ0n) is 9.78. The first-order chi connectivity index (χ1) is 8.60. The number of benzene rings is 1. The lowest BCUT2D eigenvalue weighted by atomic mass is 10.2. The van der Waals surface area contributed by atoms with Crippen molar-refractivity contribution in [2.24, 2.45) is 5.73 Å². The molecule has 94 valence electrons. The van der Waals surface area contributed by atoms with Crippen LogP contribution in [-0.4, -0.2) is 4.98 Å². The fourth-order valence-corrected chi connectivity index (χ4v) is 1.55. The molecule has 0 saturated heterocycles. The van der Waals surface area contributed by atoms with Crippen molar-refractivity contribution in [1.29, 1.82) is 0 Å². The maximum atomic E-state index is 13.4. The van der Waals surface area contributed by atoms with Gasteiger partial charge in [0.05, 0.1) is 0 Å². The number of aryl methyl sites for hydroxylation is 1. The van der Waals surface area contributed by atoms with Gasteiger partial charge in [-0.1, -0.05) is 6.07 Å². The molecule has 5 heteroatoms. The normalized spacial score (nSPS) is 10.4. The van der Waals surface area contributed by atoms with Crippen LogP contribution in [0.25, 0.3) is 0 Å². The number of hydrogen-bond donors (Lipinski definition) is 1. The number of pyridine rings is 1. The fourth-order valence-electron chi connectivity index (χ4n) is 1.55. The van der Waals surface area contributed by atoms with Crippen LogP contribution in [0.15, 0.2) is 30.3 Å². The minimum atomic E-state index is -1.03. The molecular weight excluding hydrogens is 238 g/mol. The largest absolute Gasteiger partial charge is 0.436 e. The van der Waals surface area contributed by atoms with Crippen LogP contribution in [0.4, 0.5) is 8.78 Å². The Morgan fingerprint density at radius 2 is 2.06 bits per heavy atom. The summed E-state index contributed by atoms with van der Waals surface area (Å²) in [6.07, 6.45) is 0. The van der Waals surface area contributed by atoms with Crippen LogP contribution >= 0.6 is 0 Å². The van der Waals surface area contributed by atoms with Gasteiger partial charge >= 0.3 is 0 Å². The summed E-state index contributed by atoms with van der Waals surface area (Å²) in [5.74, 6) is -2.00. The lowest BCUT2D eigenvalue weighted by Gasteiger charge is -2.08. The van der Waals surface area contributed by atoms with Crippen LogP contribution < -0.4 is 10.5 Å². The van der Waals surface area contributed by atoms with E-state index in [4.69, 9.17) is 10.5 Å². The van der Waals surface area contributed by atoms with Gasteiger partial charge in [0.25, 0.3) is 0 Å². The van der Waals surface area contributed by atoms with Gasteiger partial charge in [0.2, 0.25) is 11.7 Å². The molecule has 1 aromatic heterocycles. The Kier molecular flexibility index (Phi) is 3.53. The van der Waals surface area contributed by atoms with Crippen LogP contribution in [0.2, 0.25) is 0 Å². The van der Waals surface area contributed by atoms with Gasteiger partial charge in [-0.15, -0.1) is 0 Å². The van der Waals surface area contributed by atoms with Crippen LogP contribution in [0.1, 0.15) is 11.3 Å². The quantitative estimate of drug-likeness (QED) is 0.911. The summed E-state index contributed by atoms with van der Waals surface area (Å²) in [7, 11) is 0. The molecule has 2 rings (SSSR count). The zero-order chi connectivity index (χ0) is 13.1. The number of nitrogens with zero attached hydrogens (tertiary/aromatic N) is 1. The van der Waals surface area contributed by atoms with E-state index in [1.807, 2.05) is 0 Å². The molecule has 0 aliphatic rings. The van der Waals surface area contributed by atoms with E-state index in [2.05, 4.69) is 4.98 Å². The van der Waals surface area contributed by atoms with Crippen molar-refractivity contribution in [3.05, 3.63) is 53.2 Å². The molecule has 1 aromatic carbocycles. The molecule has 2 N–H and O–H groups in total. The summed E-state index contributed by atoms with van der Waals surface area (Å²) >= 11 is 0. The Morgan fingerprint density at radius 1 is 1.28 bits per heavy atom. The summed E-state index contributed by atoms with van der Waals surface area (Å²) in [5, 5.41) is 0. The highest BCUT2D eigenvalue weighted by Crippen LogP contribution is 2.25. The van der Waals surface area contributed by atoms with E-state index in [1.165, 1.54) is 12.1 Å². The van der Waals surface area contributed by atoms with E-state index >= 15 is 0 Å². The summed E-state index contributed by atoms with van der Waals surface area (Å²) < 4.78 is 31.7. The van der Waals surface area contributed by atoms with Crippen molar-refractivity contribution < 1.29 is 13.5 Å². The average Bonchev–Trinajstić information content (AvgIpc) is 2.34. The van der Waals surface area contributed by atoms with Gasteiger partial charge in [-0.2, -0.15) is 4.39 Å². The SMILES string of the molecule is Cc1cc(CN)cc(Oc2cccc(F)c2F)n1. The smallest absolute Gasteiger partial charge is 0.219 e. The second kappa shape index (κ2) is 5.10. The van der Waals surface area contributed by atoms with Crippen LogP contribution in [-0.2, 0) is 6.54 Å². The third-order valence-corrected chi connectivity index (χ3v) is 2.36. The van der Waals surface area contributed by atoms with Gasteiger partial charge in [0.15, 0.2) is 11.6 Å². The van der Waals surface area contributed by atoms with E-state index in [-0.39, 0.29) is 11.6 Å². The summed E-state index contributed by atoms with van der Waals surface area (Å²) in [6, 6.07) is 7.13. The van der Waals surface area contributed by atoms with Crippen molar-refractivity contribution in [2.75, 3.05) is 0 Å². The molecule has 0 unspecified atom stereocenters. The first-order valence-corrected chi connectivity index (χ1v) is 5.39. The average molecular weight is 250 g/mol. The van der Waals surface area contributed by atoms with Gasteiger partial charge in [0.1, 0.15) is 0 Å². The Labute approximate surface area is 103 Å². The molecule has 0 fully saturated rings. The summed E-state index contributed by atoms with van der Waals surface area (Å²) in [4.78, 5) is 4.08. The number of halogens is 2. The second-order valence-corrected chi connectivity index (χ2v) is 3.81. The van der Waals surface area contributed by atoms with Crippen molar-refractivity contribution in [3.63, 3.8) is 0 Å². The minimum absolute atomic E-state index is 0.194. The highest BCUT2D eigenvalue weighted by Gasteiger charge is 2.10. The highest BCUT2D eigenvalue weighted by atomic mass is 19.2. The first-order valence-electron chi connectivity index (χ1n) is 5.39.